The van der Waals surface area contributed by atoms with Crippen LogP contribution in [-0.2, 0) is 6.54 Å². The minimum absolute atomic E-state index is 0.325. The summed E-state index contributed by atoms with van der Waals surface area (Å²) in [5, 5.41) is 12.5. The smallest absolute Gasteiger partial charge is 0.262 e. The van der Waals surface area contributed by atoms with Crippen molar-refractivity contribution in [2.75, 3.05) is 5.32 Å². The zero-order valence-corrected chi connectivity index (χ0v) is 16.7. The molecule has 0 fully saturated rings. The van der Waals surface area contributed by atoms with E-state index >= 15 is 0 Å². The van der Waals surface area contributed by atoms with Crippen LogP contribution in [0.5, 0.6) is 0 Å². The number of hydrogen-bond acceptors (Lipinski definition) is 4. The Morgan fingerprint density at radius 1 is 1.18 bits per heavy atom. The molecule has 0 aliphatic carbocycles. The number of aryl methyl sites for hydroxylation is 2. The maximum atomic E-state index is 12.7. The van der Waals surface area contributed by atoms with Crippen molar-refractivity contribution >= 4 is 40.6 Å². The Hall–Kier alpha value is -2.90. The molecule has 0 radical (unpaired) electrons. The molecule has 0 spiro atoms. The highest BCUT2D eigenvalue weighted by atomic mass is 35.5. The lowest BCUT2D eigenvalue weighted by molar-refractivity contribution is 0.102. The lowest BCUT2D eigenvalue weighted by Crippen LogP contribution is -2.13. The number of halogens is 2. The largest absolute Gasteiger partial charge is 0.305 e. The Morgan fingerprint density at radius 3 is 2.68 bits per heavy atom. The monoisotopic (exact) mass is 414 g/mol. The van der Waals surface area contributed by atoms with Crippen molar-refractivity contribution in [1.29, 1.82) is 0 Å². The SMILES string of the molecule is Cc1cc(C)n2ncc(C(=O)Nc3ccn(Cc4c(Cl)cccc4Cl)n3)c2n1. The molecule has 0 saturated heterocycles. The summed E-state index contributed by atoms with van der Waals surface area (Å²) < 4.78 is 3.30. The van der Waals surface area contributed by atoms with Crippen LogP contribution in [0.4, 0.5) is 5.82 Å². The Labute approximate surface area is 170 Å². The number of rotatable bonds is 4. The fraction of sp³-hybridized carbons (Fsp3) is 0.158. The van der Waals surface area contributed by atoms with Crippen molar-refractivity contribution < 1.29 is 4.79 Å². The summed E-state index contributed by atoms with van der Waals surface area (Å²) in [4.78, 5) is 17.1. The second-order valence-electron chi connectivity index (χ2n) is 6.39. The second-order valence-corrected chi connectivity index (χ2v) is 7.20. The van der Waals surface area contributed by atoms with E-state index in [1.807, 2.05) is 19.9 Å². The molecule has 0 aliphatic rings. The third kappa shape index (κ3) is 3.46. The van der Waals surface area contributed by atoms with Gasteiger partial charge in [-0.2, -0.15) is 10.2 Å². The maximum Gasteiger partial charge on any atom is 0.262 e. The number of hydrogen-bond donors (Lipinski definition) is 1. The standard InChI is InChI=1S/C19H16Cl2N6O/c1-11-8-12(2)27-18(23-11)13(9-22-27)19(28)24-17-6-7-26(25-17)10-14-15(20)4-3-5-16(14)21/h3-9H,10H2,1-2H3,(H,24,25,28). The van der Waals surface area contributed by atoms with Crippen LogP contribution in [0.1, 0.15) is 27.3 Å². The van der Waals surface area contributed by atoms with Crippen molar-refractivity contribution in [1.82, 2.24) is 24.4 Å². The van der Waals surface area contributed by atoms with Gasteiger partial charge < -0.3 is 5.32 Å². The molecule has 4 rings (SSSR count). The molecule has 3 aromatic heterocycles. The summed E-state index contributed by atoms with van der Waals surface area (Å²) in [6.07, 6.45) is 3.25. The van der Waals surface area contributed by atoms with E-state index in [9.17, 15) is 4.79 Å². The van der Waals surface area contributed by atoms with E-state index < -0.39 is 0 Å². The third-order valence-corrected chi connectivity index (χ3v) is 4.99. The van der Waals surface area contributed by atoms with Gasteiger partial charge in [-0.3, -0.25) is 9.48 Å². The first-order chi connectivity index (χ1) is 13.4. The van der Waals surface area contributed by atoms with E-state index in [0.717, 1.165) is 17.0 Å². The predicted molar refractivity (Wildman–Crippen MR) is 108 cm³/mol. The van der Waals surface area contributed by atoms with Crippen LogP contribution >= 0.6 is 23.2 Å². The molecule has 1 aromatic carbocycles. The minimum atomic E-state index is -0.325. The van der Waals surface area contributed by atoms with E-state index in [2.05, 4.69) is 20.5 Å². The maximum absolute atomic E-state index is 12.7. The van der Waals surface area contributed by atoms with Crippen LogP contribution in [0.25, 0.3) is 5.65 Å². The molecule has 0 bridgehead atoms. The number of aromatic nitrogens is 5. The van der Waals surface area contributed by atoms with Crippen molar-refractivity contribution in [3.8, 4) is 0 Å². The van der Waals surface area contributed by atoms with Crippen molar-refractivity contribution in [2.24, 2.45) is 0 Å². The topological polar surface area (TPSA) is 77.1 Å². The van der Waals surface area contributed by atoms with Gasteiger partial charge in [-0.15, -0.1) is 0 Å². The van der Waals surface area contributed by atoms with Gasteiger partial charge in [0.1, 0.15) is 5.56 Å². The zero-order valence-electron chi connectivity index (χ0n) is 15.1. The Balaban J connectivity index is 1.55. The van der Waals surface area contributed by atoms with Gasteiger partial charge in [-0.25, -0.2) is 9.50 Å². The van der Waals surface area contributed by atoms with Crippen LogP contribution in [0, 0.1) is 13.8 Å². The van der Waals surface area contributed by atoms with E-state index in [0.29, 0.717) is 33.6 Å². The Morgan fingerprint density at radius 2 is 1.93 bits per heavy atom. The molecular weight excluding hydrogens is 399 g/mol. The van der Waals surface area contributed by atoms with Gasteiger partial charge in [0, 0.05) is 39.3 Å². The summed E-state index contributed by atoms with van der Waals surface area (Å²) in [6.45, 7) is 4.19. The minimum Gasteiger partial charge on any atom is -0.305 e. The normalized spacial score (nSPS) is 11.1. The molecule has 0 saturated carbocycles. The molecular formula is C19H16Cl2N6O. The zero-order chi connectivity index (χ0) is 19.8. The molecule has 1 amide bonds. The van der Waals surface area contributed by atoms with E-state index in [-0.39, 0.29) is 5.91 Å². The number of carbonyl (C=O) groups is 1. The Bertz CT molecular complexity index is 1180. The number of fused-ring (bicyclic) bond motifs is 1. The van der Waals surface area contributed by atoms with Crippen LogP contribution in [0.3, 0.4) is 0 Å². The van der Waals surface area contributed by atoms with Gasteiger partial charge in [0.2, 0.25) is 0 Å². The van der Waals surface area contributed by atoms with Crippen LogP contribution in [0.2, 0.25) is 10.0 Å². The summed E-state index contributed by atoms with van der Waals surface area (Å²) in [6, 6.07) is 8.95. The molecule has 9 heteroatoms. The lowest BCUT2D eigenvalue weighted by atomic mass is 10.2. The molecule has 0 aliphatic heterocycles. The summed E-state index contributed by atoms with van der Waals surface area (Å²) in [5.74, 6) is 0.0884. The molecule has 1 N–H and O–H groups in total. The molecule has 142 valence electrons. The first kappa shape index (κ1) is 18.5. The van der Waals surface area contributed by atoms with E-state index in [1.165, 1.54) is 6.20 Å². The van der Waals surface area contributed by atoms with Gasteiger partial charge in [-0.05, 0) is 32.0 Å². The van der Waals surface area contributed by atoms with Gasteiger partial charge in [-0.1, -0.05) is 29.3 Å². The summed E-state index contributed by atoms with van der Waals surface area (Å²) in [5.41, 5.74) is 3.39. The highest BCUT2D eigenvalue weighted by molar-refractivity contribution is 6.35. The van der Waals surface area contributed by atoms with Crippen LogP contribution in [0.15, 0.2) is 42.7 Å². The van der Waals surface area contributed by atoms with Gasteiger partial charge in [0.05, 0.1) is 12.7 Å². The summed E-state index contributed by atoms with van der Waals surface area (Å²) >= 11 is 12.4. The molecule has 3 heterocycles. The Kier molecular flexibility index (Phi) is 4.78. The van der Waals surface area contributed by atoms with Crippen LogP contribution < -0.4 is 5.32 Å². The molecule has 4 aromatic rings. The fourth-order valence-electron chi connectivity index (χ4n) is 2.98. The molecule has 0 atom stereocenters. The molecule has 7 nitrogen and oxygen atoms in total. The third-order valence-electron chi connectivity index (χ3n) is 4.29. The average molecular weight is 415 g/mol. The van der Waals surface area contributed by atoms with Gasteiger partial charge >= 0.3 is 0 Å². The predicted octanol–water partition coefficient (Wildman–Crippen LogP) is 4.15. The van der Waals surface area contributed by atoms with Crippen molar-refractivity contribution in [3.63, 3.8) is 0 Å². The highest BCUT2D eigenvalue weighted by Crippen LogP contribution is 2.25. The number of carbonyl (C=O) groups excluding carboxylic acids is 1. The van der Waals surface area contributed by atoms with E-state index in [1.54, 1.807) is 39.7 Å². The van der Waals surface area contributed by atoms with Crippen molar-refractivity contribution in [3.05, 3.63) is 75.3 Å². The van der Waals surface area contributed by atoms with Gasteiger partial charge in [0.15, 0.2) is 11.5 Å². The van der Waals surface area contributed by atoms with Gasteiger partial charge in [0.25, 0.3) is 5.91 Å². The average Bonchev–Trinajstić information content (AvgIpc) is 3.25. The highest BCUT2D eigenvalue weighted by Gasteiger charge is 2.17. The number of nitrogens with one attached hydrogen (secondary N) is 1. The number of nitrogens with zero attached hydrogens (tertiary/aromatic N) is 5. The number of amides is 1. The van der Waals surface area contributed by atoms with Crippen LogP contribution in [-0.4, -0.2) is 30.3 Å². The lowest BCUT2D eigenvalue weighted by Gasteiger charge is -2.07. The number of anilines is 1. The number of benzene rings is 1. The molecule has 0 unspecified atom stereocenters. The molecule has 28 heavy (non-hydrogen) atoms. The first-order valence-corrected chi connectivity index (χ1v) is 9.27. The quantitative estimate of drug-likeness (QED) is 0.543. The summed E-state index contributed by atoms with van der Waals surface area (Å²) in [7, 11) is 0. The second kappa shape index (κ2) is 7.26. The first-order valence-electron chi connectivity index (χ1n) is 8.52. The van der Waals surface area contributed by atoms with Crippen molar-refractivity contribution in [2.45, 2.75) is 20.4 Å². The fourth-order valence-corrected chi connectivity index (χ4v) is 3.49. The van der Waals surface area contributed by atoms with E-state index in [4.69, 9.17) is 23.2 Å².